The number of fused-ring (bicyclic) bond motifs is 1. The lowest BCUT2D eigenvalue weighted by atomic mass is 10.1. The molecule has 1 aliphatic rings. The second kappa shape index (κ2) is 6.30. The van der Waals surface area contributed by atoms with Gasteiger partial charge in [0.2, 0.25) is 6.10 Å². The SMILES string of the molecule is CN(C)CCN1C(=O)C(c2ccccc2)Oc2ccc(N)cc21. The molecule has 0 saturated carbocycles. The Labute approximate surface area is 136 Å². The summed E-state index contributed by atoms with van der Waals surface area (Å²) >= 11 is 0. The van der Waals surface area contributed by atoms with E-state index in [9.17, 15) is 4.79 Å². The van der Waals surface area contributed by atoms with Crippen molar-refractivity contribution < 1.29 is 9.53 Å². The lowest BCUT2D eigenvalue weighted by Crippen LogP contribution is -2.44. The first-order valence-electron chi connectivity index (χ1n) is 7.63. The predicted molar refractivity (Wildman–Crippen MR) is 91.6 cm³/mol. The molecule has 0 spiro atoms. The Bertz CT molecular complexity index is 701. The average Bonchev–Trinajstić information content (AvgIpc) is 2.54. The number of amides is 1. The third-order valence-corrected chi connectivity index (χ3v) is 3.88. The quantitative estimate of drug-likeness (QED) is 0.880. The molecule has 2 N–H and O–H groups in total. The van der Waals surface area contributed by atoms with E-state index >= 15 is 0 Å². The molecule has 1 aliphatic heterocycles. The first kappa shape index (κ1) is 15.4. The Morgan fingerprint density at radius 3 is 2.61 bits per heavy atom. The van der Waals surface area contributed by atoms with Crippen LogP contribution in [0.3, 0.4) is 0 Å². The van der Waals surface area contributed by atoms with Crippen molar-refractivity contribution in [2.45, 2.75) is 6.10 Å². The number of nitrogens with two attached hydrogens (primary N) is 1. The largest absolute Gasteiger partial charge is 0.474 e. The summed E-state index contributed by atoms with van der Waals surface area (Å²) in [7, 11) is 3.97. The summed E-state index contributed by atoms with van der Waals surface area (Å²) in [5, 5.41) is 0. The fraction of sp³-hybridized carbons (Fsp3) is 0.278. The number of carbonyl (C=O) groups is 1. The van der Waals surface area contributed by atoms with Gasteiger partial charge in [-0.05, 0) is 32.3 Å². The number of likely N-dealkylation sites (N-methyl/N-ethyl adjacent to an activating group) is 1. The molecule has 3 rings (SSSR count). The van der Waals surface area contributed by atoms with E-state index in [1.807, 2.05) is 55.4 Å². The maximum atomic E-state index is 13.0. The van der Waals surface area contributed by atoms with Gasteiger partial charge in [-0.1, -0.05) is 30.3 Å². The van der Waals surface area contributed by atoms with Crippen LogP contribution in [0, 0.1) is 0 Å². The molecule has 0 fully saturated rings. The molecule has 2 aromatic rings. The van der Waals surface area contributed by atoms with Crippen LogP contribution in [-0.2, 0) is 4.79 Å². The number of hydrogen-bond acceptors (Lipinski definition) is 4. The second-order valence-corrected chi connectivity index (χ2v) is 5.93. The number of benzene rings is 2. The summed E-state index contributed by atoms with van der Waals surface area (Å²) in [6.07, 6.45) is -0.616. The molecule has 0 bridgehead atoms. The third kappa shape index (κ3) is 3.14. The van der Waals surface area contributed by atoms with E-state index in [4.69, 9.17) is 10.5 Å². The number of nitrogens with zero attached hydrogens (tertiary/aromatic N) is 2. The number of ether oxygens (including phenoxy) is 1. The van der Waals surface area contributed by atoms with E-state index in [1.165, 1.54) is 0 Å². The Kier molecular flexibility index (Phi) is 4.21. The molecular formula is C18H21N3O2. The number of rotatable bonds is 4. The lowest BCUT2D eigenvalue weighted by Gasteiger charge is -2.35. The molecule has 0 aliphatic carbocycles. The van der Waals surface area contributed by atoms with Gasteiger partial charge in [-0.3, -0.25) is 4.79 Å². The summed E-state index contributed by atoms with van der Waals surface area (Å²) < 4.78 is 5.96. The molecule has 0 aromatic heterocycles. The van der Waals surface area contributed by atoms with Gasteiger partial charge in [0.15, 0.2) is 0 Å². The van der Waals surface area contributed by atoms with Crippen molar-refractivity contribution >= 4 is 17.3 Å². The zero-order chi connectivity index (χ0) is 16.4. The van der Waals surface area contributed by atoms with Crippen molar-refractivity contribution in [2.75, 3.05) is 37.8 Å². The molecule has 0 radical (unpaired) electrons. The predicted octanol–water partition coefficient (Wildman–Crippen LogP) is 2.30. The summed E-state index contributed by atoms with van der Waals surface area (Å²) in [5.41, 5.74) is 8.10. The van der Waals surface area contributed by atoms with Crippen molar-refractivity contribution in [3.8, 4) is 5.75 Å². The highest BCUT2D eigenvalue weighted by Gasteiger charge is 2.35. The van der Waals surface area contributed by atoms with Gasteiger partial charge >= 0.3 is 0 Å². The topological polar surface area (TPSA) is 58.8 Å². The highest BCUT2D eigenvalue weighted by Crippen LogP contribution is 2.39. The summed E-state index contributed by atoms with van der Waals surface area (Å²) in [6.45, 7) is 1.36. The fourth-order valence-corrected chi connectivity index (χ4v) is 2.65. The Morgan fingerprint density at radius 2 is 1.91 bits per heavy atom. The van der Waals surface area contributed by atoms with Gasteiger partial charge in [0, 0.05) is 24.3 Å². The van der Waals surface area contributed by atoms with Gasteiger partial charge in [0.25, 0.3) is 5.91 Å². The van der Waals surface area contributed by atoms with Gasteiger partial charge in [0.1, 0.15) is 5.75 Å². The summed E-state index contributed by atoms with van der Waals surface area (Å²) in [4.78, 5) is 16.8. The van der Waals surface area contributed by atoms with Crippen LogP contribution >= 0.6 is 0 Å². The minimum atomic E-state index is -0.616. The molecule has 1 atom stereocenters. The van der Waals surface area contributed by atoms with Crippen LogP contribution in [0.2, 0.25) is 0 Å². The zero-order valence-electron chi connectivity index (χ0n) is 13.4. The van der Waals surface area contributed by atoms with E-state index in [0.717, 1.165) is 17.8 Å². The monoisotopic (exact) mass is 311 g/mol. The van der Waals surface area contributed by atoms with Crippen LogP contribution in [0.25, 0.3) is 0 Å². The van der Waals surface area contributed by atoms with Crippen molar-refractivity contribution in [3.05, 3.63) is 54.1 Å². The van der Waals surface area contributed by atoms with Crippen LogP contribution in [0.4, 0.5) is 11.4 Å². The smallest absolute Gasteiger partial charge is 0.272 e. The van der Waals surface area contributed by atoms with Crippen LogP contribution in [-0.4, -0.2) is 38.0 Å². The maximum Gasteiger partial charge on any atom is 0.272 e. The van der Waals surface area contributed by atoms with Crippen molar-refractivity contribution in [1.82, 2.24) is 4.90 Å². The molecule has 0 saturated heterocycles. The van der Waals surface area contributed by atoms with E-state index in [2.05, 4.69) is 0 Å². The molecule has 120 valence electrons. The van der Waals surface area contributed by atoms with E-state index in [-0.39, 0.29) is 5.91 Å². The molecule has 1 unspecified atom stereocenters. The van der Waals surface area contributed by atoms with Crippen LogP contribution < -0.4 is 15.4 Å². The number of carbonyl (C=O) groups excluding carboxylic acids is 1. The lowest BCUT2D eigenvalue weighted by molar-refractivity contribution is -0.126. The van der Waals surface area contributed by atoms with Gasteiger partial charge in [-0.25, -0.2) is 0 Å². The van der Waals surface area contributed by atoms with E-state index < -0.39 is 6.10 Å². The summed E-state index contributed by atoms with van der Waals surface area (Å²) in [6, 6.07) is 15.0. The Hall–Kier alpha value is -2.53. The van der Waals surface area contributed by atoms with Crippen molar-refractivity contribution in [3.63, 3.8) is 0 Å². The van der Waals surface area contributed by atoms with Crippen molar-refractivity contribution in [2.24, 2.45) is 0 Å². The van der Waals surface area contributed by atoms with Crippen LogP contribution in [0.5, 0.6) is 5.75 Å². The molecule has 1 amide bonds. The molecule has 1 heterocycles. The van der Waals surface area contributed by atoms with Gasteiger partial charge in [-0.2, -0.15) is 0 Å². The van der Waals surface area contributed by atoms with E-state index in [1.54, 1.807) is 17.0 Å². The van der Waals surface area contributed by atoms with Gasteiger partial charge in [-0.15, -0.1) is 0 Å². The first-order chi connectivity index (χ1) is 11.1. The Morgan fingerprint density at radius 1 is 1.17 bits per heavy atom. The number of nitrogen functional groups attached to an aromatic ring is 1. The minimum Gasteiger partial charge on any atom is -0.474 e. The van der Waals surface area contributed by atoms with E-state index in [0.29, 0.717) is 18.0 Å². The highest BCUT2D eigenvalue weighted by atomic mass is 16.5. The standard InChI is InChI=1S/C18H21N3O2/c1-20(2)10-11-21-15-12-14(19)8-9-16(15)23-17(18(21)22)13-6-4-3-5-7-13/h3-9,12,17H,10-11,19H2,1-2H3. The molecule has 5 nitrogen and oxygen atoms in total. The highest BCUT2D eigenvalue weighted by molar-refractivity contribution is 6.01. The maximum absolute atomic E-state index is 13.0. The Balaban J connectivity index is 1.99. The number of hydrogen-bond donors (Lipinski definition) is 1. The zero-order valence-corrected chi connectivity index (χ0v) is 13.4. The van der Waals surface area contributed by atoms with Crippen molar-refractivity contribution in [1.29, 1.82) is 0 Å². The average molecular weight is 311 g/mol. The third-order valence-electron chi connectivity index (χ3n) is 3.88. The fourth-order valence-electron chi connectivity index (χ4n) is 2.65. The summed E-state index contributed by atoms with van der Waals surface area (Å²) in [5.74, 6) is 0.627. The van der Waals surface area contributed by atoms with Crippen LogP contribution in [0.1, 0.15) is 11.7 Å². The molecule has 5 heteroatoms. The molecular weight excluding hydrogens is 290 g/mol. The van der Waals surface area contributed by atoms with Crippen LogP contribution in [0.15, 0.2) is 48.5 Å². The molecule has 2 aromatic carbocycles. The minimum absolute atomic E-state index is 0.0591. The van der Waals surface area contributed by atoms with Gasteiger partial charge in [0.05, 0.1) is 5.69 Å². The normalized spacial score (nSPS) is 17.1. The second-order valence-electron chi connectivity index (χ2n) is 5.93. The van der Waals surface area contributed by atoms with Gasteiger partial charge < -0.3 is 20.3 Å². The molecule has 23 heavy (non-hydrogen) atoms. The first-order valence-corrected chi connectivity index (χ1v) is 7.63. The number of anilines is 2.